The highest BCUT2D eigenvalue weighted by Gasteiger charge is 2.18. The molecule has 0 radical (unpaired) electrons. The van der Waals surface area contributed by atoms with E-state index in [0.29, 0.717) is 41.2 Å². The van der Waals surface area contributed by atoms with E-state index < -0.39 is 23.3 Å². The number of amides is 1. The third-order valence-corrected chi connectivity index (χ3v) is 4.99. The molecule has 3 N–H and O–H groups in total. The van der Waals surface area contributed by atoms with E-state index in [9.17, 15) is 14.0 Å². The second-order valence-corrected chi connectivity index (χ2v) is 7.35. The van der Waals surface area contributed by atoms with Crippen LogP contribution >= 0.6 is 0 Å². The van der Waals surface area contributed by atoms with E-state index in [1.54, 1.807) is 30.5 Å². The molecule has 1 heterocycles. The van der Waals surface area contributed by atoms with Gasteiger partial charge in [0.05, 0.1) is 17.5 Å². The molecule has 0 aliphatic heterocycles. The van der Waals surface area contributed by atoms with Gasteiger partial charge in [-0.25, -0.2) is 4.39 Å². The van der Waals surface area contributed by atoms with Gasteiger partial charge in [-0.2, -0.15) is 0 Å². The Morgan fingerprint density at radius 2 is 1.87 bits per heavy atom. The van der Waals surface area contributed by atoms with Gasteiger partial charge in [-0.3, -0.25) is 9.59 Å². The van der Waals surface area contributed by atoms with Crippen LogP contribution in [0, 0.1) is 5.82 Å². The first kappa shape index (κ1) is 22.3. The minimum absolute atomic E-state index is 0.0419. The molecular weight excluding hydrogens is 399 g/mol. The minimum Gasteiger partial charge on any atom is -0.491 e. The van der Waals surface area contributed by atoms with Gasteiger partial charge in [0.2, 0.25) is 0 Å². The number of hydrogen-bond donors (Lipinski definition) is 2. The Morgan fingerprint density at radius 1 is 1.13 bits per heavy atom. The van der Waals surface area contributed by atoms with Crippen molar-refractivity contribution in [3.8, 4) is 22.6 Å². The molecule has 3 aromatic rings. The minimum atomic E-state index is -0.703. The molecule has 1 unspecified atom stereocenters. The molecule has 1 atom stereocenters. The summed E-state index contributed by atoms with van der Waals surface area (Å²) in [5.74, 6) is -0.209. The SMILES string of the molecule is CCCCC(Oc1ccc(-c2c[nH]c3c(OCCC)ccc(F)c3c2=O)cc1)C(N)=O. The van der Waals surface area contributed by atoms with E-state index in [2.05, 4.69) is 4.98 Å². The lowest BCUT2D eigenvalue weighted by Gasteiger charge is -2.16. The molecule has 2 aromatic carbocycles. The number of nitrogens with one attached hydrogen (secondary N) is 1. The van der Waals surface area contributed by atoms with E-state index in [1.165, 1.54) is 12.1 Å². The molecule has 31 heavy (non-hydrogen) atoms. The molecule has 0 fully saturated rings. The lowest BCUT2D eigenvalue weighted by Crippen LogP contribution is -2.33. The lowest BCUT2D eigenvalue weighted by molar-refractivity contribution is -0.125. The Kier molecular flexibility index (Phi) is 7.28. The van der Waals surface area contributed by atoms with Crippen LogP contribution in [-0.4, -0.2) is 23.6 Å². The van der Waals surface area contributed by atoms with E-state index in [0.717, 1.165) is 19.3 Å². The first-order valence-electron chi connectivity index (χ1n) is 10.5. The Morgan fingerprint density at radius 3 is 2.52 bits per heavy atom. The number of unbranched alkanes of at least 4 members (excludes halogenated alkanes) is 1. The summed E-state index contributed by atoms with van der Waals surface area (Å²) in [6, 6.07) is 9.47. The zero-order valence-electron chi connectivity index (χ0n) is 17.7. The Bertz CT molecular complexity index is 1110. The molecular formula is C24H27FN2O4. The topological polar surface area (TPSA) is 94.4 Å². The maximum absolute atomic E-state index is 14.5. The highest BCUT2D eigenvalue weighted by atomic mass is 19.1. The van der Waals surface area contributed by atoms with Crippen molar-refractivity contribution in [3.05, 3.63) is 58.6 Å². The quantitative estimate of drug-likeness (QED) is 0.497. The normalized spacial score (nSPS) is 12.0. The molecule has 0 spiro atoms. The number of carbonyl (C=O) groups excluding carboxylic acids is 1. The van der Waals surface area contributed by atoms with Crippen molar-refractivity contribution in [2.45, 2.75) is 45.6 Å². The van der Waals surface area contributed by atoms with Crippen molar-refractivity contribution < 1.29 is 18.7 Å². The summed E-state index contributed by atoms with van der Waals surface area (Å²) in [6.07, 6.45) is 3.94. The van der Waals surface area contributed by atoms with Gasteiger partial charge in [0, 0.05) is 11.8 Å². The first-order chi connectivity index (χ1) is 15.0. The summed E-state index contributed by atoms with van der Waals surface area (Å²) < 4.78 is 25.8. The molecule has 0 aliphatic rings. The molecule has 1 aromatic heterocycles. The fraction of sp³-hybridized carbons (Fsp3) is 0.333. The number of primary amides is 1. The summed E-state index contributed by atoms with van der Waals surface area (Å²) >= 11 is 0. The van der Waals surface area contributed by atoms with Crippen LogP contribution in [0.3, 0.4) is 0 Å². The lowest BCUT2D eigenvalue weighted by atomic mass is 10.0. The molecule has 7 heteroatoms. The van der Waals surface area contributed by atoms with Crippen LogP contribution in [0.15, 0.2) is 47.4 Å². The number of rotatable bonds is 10. The Labute approximate surface area is 180 Å². The van der Waals surface area contributed by atoms with Gasteiger partial charge in [-0.1, -0.05) is 32.4 Å². The number of hydrogen-bond acceptors (Lipinski definition) is 4. The van der Waals surface area contributed by atoms with Crippen LogP contribution in [0.25, 0.3) is 22.0 Å². The number of fused-ring (bicyclic) bond motifs is 1. The third kappa shape index (κ3) is 5.05. The number of ether oxygens (including phenoxy) is 2. The summed E-state index contributed by atoms with van der Waals surface area (Å²) in [7, 11) is 0. The largest absolute Gasteiger partial charge is 0.491 e. The number of pyridine rings is 1. The van der Waals surface area contributed by atoms with Crippen LogP contribution < -0.4 is 20.6 Å². The highest BCUT2D eigenvalue weighted by Crippen LogP contribution is 2.27. The second-order valence-electron chi connectivity index (χ2n) is 7.35. The molecule has 164 valence electrons. The van der Waals surface area contributed by atoms with E-state index >= 15 is 0 Å². The van der Waals surface area contributed by atoms with E-state index in [4.69, 9.17) is 15.2 Å². The number of benzene rings is 2. The van der Waals surface area contributed by atoms with Crippen LogP contribution in [0.1, 0.15) is 39.5 Å². The average molecular weight is 426 g/mol. The van der Waals surface area contributed by atoms with Crippen molar-refractivity contribution in [3.63, 3.8) is 0 Å². The molecule has 6 nitrogen and oxygen atoms in total. The van der Waals surface area contributed by atoms with E-state index in [-0.39, 0.29) is 5.39 Å². The summed E-state index contributed by atoms with van der Waals surface area (Å²) in [4.78, 5) is 27.6. The van der Waals surface area contributed by atoms with Gasteiger partial charge < -0.3 is 20.2 Å². The van der Waals surface area contributed by atoms with Crippen molar-refractivity contribution in [2.24, 2.45) is 5.73 Å². The third-order valence-electron chi connectivity index (χ3n) is 4.99. The van der Waals surface area contributed by atoms with Crippen molar-refractivity contribution >= 4 is 16.8 Å². The van der Waals surface area contributed by atoms with Gasteiger partial charge in [0.15, 0.2) is 11.5 Å². The molecule has 3 rings (SSSR count). The summed E-state index contributed by atoms with van der Waals surface area (Å²) in [6.45, 7) is 4.46. The highest BCUT2D eigenvalue weighted by molar-refractivity contribution is 5.88. The van der Waals surface area contributed by atoms with Crippen LogP contribution in [-0.2, 0) is 4.79 Å². The second kappa shape index (κ2) is 10.1. The fourth-order valence-electron chi connectivity index (χ4n) is 3.34. The van der Waals surface area contributed by atoms with Gasteiger partial charge in [0.25, 0.3) is 5.91 Å². The maximum Gasteiger partial charge on any atom is 0.258 e. The first-order valence-corrected chi connectivity index (χ1v) is 10.5. The predicted molar refractivity (Wildman–Crippen MR) is 119 cm³/mol. The molecule has 0 saturated carbocycles. The number of carbonyl (C=O) groups is 1. The molecule has 0 aliphatic carbocycles. The van der Waals surface area contributed by atoms with Gasteiger partial charge in [-0.15, -0.1) is 0 Å². The monoisotopic (exact) mass is 426 g/mol. The molecule has 1 amide bonds. The average Bonchev–Trinajstić information content (AvgIpc) is 2.76. The fourth-order valence-corrected chi connectivity index (χ4v) is 3.34. The zero-order valence-corrected chi connectivity index (χ0v) is 17.7. The molecule has 0 bridgehead atoms. The van der Waals surface area contributed by atoms with E-state index in [1.807, 2.05) is 13.8 Å². The standard InChI is InChI=1S/C24H27FN2O4/c1-3-5-6-20(24(26)29)31-16-9-7-15(8-10-16)17-14-27-22-19(30-13-4-2)12-11-18(25)21(22)23(17)28/h7-12,14,20H,3-6,13H2,1-2H3,(H2,26,29)(H,27,28). The van der Waals surface area contributed by atoms with Crippen molar-refractivity contribution in [2.75, 3.05) is 6.61 Å². The van der Waals surface area contributed by atoms with Gasteiger partial charge in [0.1, 0.15) is 17.3 Å². The van der Waals surface area contributed by atoms with Crippen LogP contribution in [0.5, 0.6) is 11.5 Å². The van der Waals surface area contributed by atoms with Crippen molar-refractivity contribution in [1.29, 1.82) is 0 Å². The van der Waals surface area contributed by atoms with Gasteiger partial charge >= 0.3 is 0 Å². The van der Waals surface area contributed by atoms with Crippen LogP contribution in [0.2, 0.25) is 0 Å². The maximum atomic E-state index is 14.5. The van der Waals surface area contributed by atoms with Crippen LogP contribution in [0.4, 0.5) is 4.39 Å². The number of H-pyrrole nitrogens is 1. The number of aromatic nitrogens is 1. The predicted octanol–water partition coefficient (Wildman–Crippen LogP) is 4.55. The zero-order chi connectivity index (χ0) is 22.4. The smallest absolute Gasteiger partial charge is 0.258 e. The summed E-state index contributed by atoms with van der Waals surface area (Å²) in [5, 5.41) is -0.0419. The Hall–Kier alpha value is -3.35. The summed E-state index contributed by atoms with van der Waals surface area (Å²) in [5.41, 5.74) is 6.24. The van der Waals surface area contributed by atoms with Gasteiger partial charge in [-0.05, 0) is 49.1 Å². The number of halogens is 1. The van der Waals surface area contributed by atoms with Crippen molar-refractivity contribution in [1.82, 2.24) is 4.98 Å². The number of nitrogens with two attached hydrogens (primary N) is 1. The molecule has 0 saturated heterocycles. The number of aromatic amines is 1. The Balaban J connectivity index is 1.91.